The lowest BCUT2D eigenvalue weighted by atomic mass is 9.96. The summed E-state index contributed by atoms with van der Waals surface area (Å²) in [4.78, 5) is 23.3. The topological polar surface area (TPSA) is 115 Å². The van der Waals surface area contributed by atoms with Crippen molar-refractivity contribution >= 4 is 5.91 Å². The average molecular weight is 436 g/mol. The second-order valence-electron chi connectivity index (χ2n) is 7.87. The molecule has 2 atom stereocenters. The van der Waals surface area contributed by atoms with E-state index in [1.807, 2.05) is 35.2 Å². The Morgan fingerprint density at radius 3 is 2.69 bits per heavy atom. The number of hydrogen-bond acceptors (Lipinski definition) is 9. The summed E-state index contributed by atoms with van der Waals surface area (Å²) in [5.41, 5.74) is 8.15. The van der Waals surface area contributed by atoms with Crippen LogP contribution in [-0.4, -0.2) is 59.3 Å². The quantitative estimate of drug-likeness (QED) is 0.596. The largest absolute Gasteiger partial charge is 0.497 e. The number of methoxy groups -OCH3 is 2. The number of pyridine rings is 1. The van der Waals surface area contributed by atoms with Gasteiger partial charge in [-0.1, -0.05) is 5.16 Å². The first-order valence-corrected chi connectivity index (χ1v) is 10.4. The predicted molar refractivity (Wildman–Crippen MR) is 114 cm³/mol. The predicted octanol–water partition coefficient (Wildman–Crippen LogP) is 1.68. The fourth-order valence-electron chi connectivity index (χ4n) is 4.09. The van der Waals surface area contributed by atoms with Crippen molar-refractivity contribution in [3.63, 3.8) is 0 Å². The van der Waals surface area contributed by atoms with E-state index in [1.165, 1.54) is 0 Å². The minimum Gasteiger partial charge on any atom is -0.497 e. The maximum atomic E-state index is 13.0. The molecule has 5 rings (SSSR count). The van der Waals surface area contributed by atoms with Gasteiger partial charge in [-0.3, -0.25) is 9.78 Å². The third-order valence-electron chi connectivity index (χ3n) is 5.94. The Morgan fingerprint density at radius 2 is 1.94 bits per heavy atom. The van der Waals surface area contributed by atoms with Gasteiger partial charge in [0.1, 0.15) is 17.5 Å². The van der Waals surface area contributed by atoms with Crippen molar-refractivity contribution in [2.24, 2.45) is 0 Å². The number of ether oxygens (including phenoxy) is 2. The molecule has 3 aromatic rings. The number of carbonyl (C=O) groups is 1. The molecule has 0 aliphatic carbocycles. The molecule has 1 amide bonds. The van der Waals surface area contributed by atoms with E-state index in [9.17, 15) is 4.79 Å². The van der Waals surface area contributed by atoms with E-state index < -0.39 is 0 Å². The Labute approximate surface area is 184 Å². The van der Waals surface area contributed by atoms with Crippen molar-refractivity contribution in [1.82, 2.24) is 30.9 Å². The molecule has 0 saturated carbocycles. The minimum absolute atomic E-state index is 0.0469. The second kappa shape index (κ2) is 8.56. The zero-order chi connectivity index (χ0) is 22.1. The molecule has 2 aromatic heterocycles. The number of benzene rings is 1. The van der Waals surface area contributed by atoms with Crippen LogP contribution in [0.25, 0.3) is 11.4 Å². The summed E-state index contributed by atoms with van der Waals surface area (Å²) < 4.78 is 16.2. The molecule has 1 aromatic carbocycles. The first-order chi connectivity index (χ1) is 15.7. The van der Waals surface area contributed by atoms with Crippen molar-refractivity contribution in [2.45, 2.75) is 24.4 Å². The Balaban J connectivity index is 1.19. The van der Waals surface area contributed by atoms with Crippen LogP contribution >= 0.6 is 0 Å². The Kier molecular flexibility index (Phi) is 5.46. The zero-order valence-electron chi connectivity index (χ0n) is 17.8. The van der Waals surface area contributed by atoms with Gasteiger partial charge in [0, 0.05) is 36.6 Å². The van der Waals surface area contributed by atoms with Gasteiger partial charge in [-0.05, 0) is 36.8 Å². The fourth-order valence-corrected chi connectivity index (χ4v) is 4.09. The summed E-state index contributed by atoms with van der Waals surface area (Å²) >= 11 is 0. The highest BCUT2D eigenvalue weighted by atomic mass is 16.5. The van der Waals surface area contributed by atoms with E-state index in [1.54, 1.807) is 26.6 Å². The van der Waals surface area contributed by atoms with E-state index in [0.717, 1.165) is 22.6 Å². The van der Waals surface area contributed by atoms with Crippen LogP contribution in [0.3, 0.4) is 0 Å². The molecule has 32 heavy (non-hydrogen) atoms. The summed E-state index contributed by atoms with van der Waals surface area (Å²) in [7, 11) is 3.26. The Hall–Kier alpha value is -3.50. The van der Waals surface area contributed by atoms with Crippen LogP contribution in [0.1, 0.15) is 29.8 Å². The lowest BCUT2D eigenvalue weighted by molar-refractivity contribution is -0.138. The second-order valence-corrected chi connectivity index (χ2v) is 7.87. The molecule has 166 valence electrons. The highest BCUT2D eigenvalue weighted by Gasteiger charge is 2.41. The van der Waals surface area contributed by atoms with E-state index >= 15 is 0 Å². The monoisotopic (exact) mass is 436 g/mol. The molecule has 2 fully saturated rings. The molecular weight excluding hydrogens is 412 g/mol. The molecule has 2 aliphatic heterocycles. The van der Waals surface area contributed by atoms with Crippen molar-refractivity contribution in [2.75, 3.05) is 27.3 Å². The molecule has 4 heterocycles. The highest BCUT2D eigenvalue weighted by Crippen LogP contribution is 2.35. The molecular formula is C22H24N6O4. The molecule has 10 nitrogen and oxygen atoms in total. The molecule has 2 N–H and O–H groups in total. The minimum atomic E-state index is -0.327. The van der Waals surface area contributed by atoms with E-state index in [-0.39, 0.29) is 23.9 Å². The van der Waals surface area contributed by atoms with Crippen LogP contribution in [0, 0.1) is 0 Å². The normalized spacial score (nSPS) is 20.8. The van der Waals surface area contributed by atoms with Crippen molar-refractivity contribution < 1.29 is 18.8 Å². The summed E-state index contributed by atoms with van der Waals surface area (Å²) in [6.45, 7) is 1.12. The fraction of sp³-hybridized carbons (Fsp3) is 0.364. The molecule has 0 radical (unpaired) electrons. The number of likely N-dealkylation sites (tertiary alicyclic amines) is 1. The van der Waals surface area contributed by atoms with Gasteiger partial charge in [0.15, 0.2) is 0 Å². The van der Waals surface area contributed by atoms with Gasteiger partial charge in [-0.15, -0.1) is 0 Å². The van der Waals surface area contributed by atoms with E-state index in [0.29, 0.717) is 31.2 Å². The number of nitrogens with zero attached hydrogens (tertiary/aromatic N) is 4. The first-order valence-electron chi connectivity index (χ1n) is 10.4. The van der Waals surface area contributed by atoms with Gasteiger partial charge in [0.25, 0.3) is 0 Å². The van der Waals surface area contributed by atoms with Gasteiger partial charge in [0.2, 0.25) is 17.6 Å². The van der Waals surface area contributed by atoms with Crippen LogP contribution in [-0.2, 0) is 4.79 Å². The van der Waals surface area contributed by atoms with Gasteiger partial charge in [-0.2, -0.15) is 4.98 Å². The standard InChI is InChI=1S/C22H24N6O4/c1-30-15-3-4-19(31-2)16(9-15)17-10-18(26-25-17)22(29)28-11-14(12-28)21-24-20(27-32-21)13-5-7-23-8-6-13/h3-9,14,17-18,25-26H,10-12H2,1-2H3. The van der Waals surface area contributed by atoms with Crippen LogP contribution < -0.4 is 20.3 Å². The van der Waals surface area contributed by atoms with Crippen LogP contribution in [0.4, 0.5) is 0 Å². The number of hydrogen-bond donors (Lipinski definition) is 2. The number of hydrazine groups is 1. The average Bonchev–Trinajstić information content (AvgIpc) is 3.48. The summed E-state index contributed by atoms with van der Waals surface area (Å²) in [5, 5.41) is 4.05. The van der Waals surface area contributed by atoms with E-state index in [2.05, 4.69) is 26.0 Å². The molecule has 0 spiro atoms. The zero-order valence-corrected chi connectivity index (χ0v) is 17.8. The maximum absolute atomic E-state index is 13.0. The maximum Gasteiger partial charge on any atom is 0.241 e. The SMILES string of the molecule is COc1ccc(OC)c(C2CC(C(=O)N3CC(c4nc(-c5ccncc5)no4)C3)NN2)c1. The Bertz CT molecular complexity index is 1100. The lowest BCUT2D eigenvalue weighted by Gasteiger charge is -2.38. The lowest BCUT2D eigenvalue weighted by Crippen LogP contribution is -2.54. The van der Waals surface area contributed by atoms with Gasteiger partial charge in [0.05, 0.1) is 26.2 Å². The smallest absolute Gasteiger partial charge is 0.241 e. The summed E-state index contributed by atoms with van der Waals surface area (Å²) in [6, 6.07) is 8.92. The van der Waals surface area contributed by atoms with Crippen LogP contribution in [0.15, 0.2) is 47.2 Å². The molecule has 2 saturated heterocycles. The number of carbonyl (C=O) groups excluding carboxylic acids is 1. The third kappa shape index (κ3) is 3.78. The summed E-state index contributed by atoms with van der Waals surface area (Å²) in [6.07, 6.45) is 3.98. The number of amides is 1. The molecule has 10 heteroatoms. The van der Waals surface area contributed by atoms with Gasteiger partial charge >= 0.3 is 0 Å². The molecule has 2 unspecified atom stereocenters. The van der Waals surface area contributed by atoms with Crippen molar-refractivity contribution in [3.8, 4) is 22.9 Å². The number of rotatable bonds is 6. The van der Waals surface area contributed by atoms with Crippen molar-refractivity contribution in [1.29, 1.82) is 0 Å². The van der Waals surface area contributed by atoms with Gasteiger partial charge in [-0.25, -0.2) is 10.9 Å². The Morgan fingerprint density at radius 1 is 1.12 bits per heavy atom. The van der Waals surface area contributed by atoms with Crippen LogP contribution in [0.5, 0.6) is 11.5 Å². The highest BCUT2D eigenvalue weighted by molar-refractivity contribution is 5.83. The number of nitrogens with one attached hydrogen (secondary N) is 2. The van der Waals surface area contributed by atoms with E-state index in [4.69, 9.17) is 14.0 Å². The third-order valence-corrected chi connectivity index (χ3v) is 5.94. The summed E-state index contributed by atoms with van der Waals surface area (Å²) in [5.74, 6) is 2.68. The van der Waals surface area contributed by atoms with Crippen LogP contribution in [0.2, 0.25) is 0 Å². The first kappa shape index (κ1) is 20.4. The van der Waals surface area contributed by atoms with Crippen molar-refractivity contribution in [3.05, 3.63) is 54.2 Å². The number of aromatic nitrogens is 3. The van der Waals surface area contributed by atoms with Gasteiger partial charge < -0.3 is 18.9 Å². The molecule has 0 bridgehead atoms. The molecule has 2 aliphatic rings.